The van der Waals surface area contributed by atoms with Crippen molar-refractivity contribution < 1.29 is 9.15 Å². The Balaban J connectivity index is 2.35. The van der Waals surface area contributed by atoms with E-state index in [4.69, 9.17) is 14.9 Å². The van der Waals surface area contributed by atoms with Gasteiger partial charge < -0.3 is 14.9 Å². The Labute approximate surface area is 103 Å². The first-order valence-electron chi connectivity index (χ1n) is 6.07. The molecule has 0 spiro atoms. The molecular weight excluding hydrogens is 218 g/mol. The lowest BCUT2D eigenvalue weighted by Gasteiger charge is -2.29. The molecule has 0 aliphatic rings. The van der Waals surface area contributed by atoms with Gasteiger partial charge >= 0.3 is 6.08 Å². The second-order valence-corrected chi connectivity index (χ2v) is 4.58. The van der Waals surface area contributed by atoms with Gasteiger partial charge in [-0.1, -0.05) is 0 Å². The lowest BCUT2D eigenvalue weighted by atomic mass is 10.2. The van der Waals surface area contributed by atoms with Crippen LogP contribution in [0.2, 0.25) is 0 Å². The first-order chi connectivity index (χ1) is 8.04. The molecule has 0 saturated heterocycles. The summed E-state index contributed by atoms with van der Waals surface area (Å²) in [7, 11) is 0. The van der Waals surface area contributed by atoms with Gasteiger partial charge in [0.25, 0.3) is 0 Å². The number of rotatable bonds is 7. The maximum Gasteiger partial charge on any atom is 0.393 e. The zero-order chi connectivity index (χ0) is 12.8. The Morgan fingerprint density at radius 2 is 2.00 bits per heavy atom. The van der Waals surface area contributed by atoms with Crippen LogP contribution < -0.4 is 10.5 Å². The maximum atomic E-state index is 5.44. The van der Waals surface area contributed by atoms with Gasteiger partial charge in [-0.3, -0.25) is 4.90 Å². The molecule has 1 heterocycles. The number of oxazole rings is 1. The second-order valence-electron chi connectivity index (χ2n) is 4.58. The number of nitrogens with two attached hydrogens (primary N) is 1. The smallest absolute Gasteiger partial charge is 0.393 e. The summed E-state index contributed by atoms with van der Waals surface area (Å²) in [6, 6.07) is 1.01. The molecule has 1 rings (SSSR count). The van der Waals surface area contributed by atoms with E-state index in [1.807, 2.05) is 0 Å². The average molecular weight is 241 g/mol. The van der Waals surface area contributed by atoms with Gasteiger partial charge in [-0.05, 0) is 27.7 Å². The Hall–Kier alpha value is -1.07. The molecule has 2 N–H and O–H groups in total. The molecule has 0 saturated carbocycles. The minimum Gasteiger partial charge on any atom is -0.449 e. The Bertz CT molecular complexity index is 315. The van der Waals surface area contributed by atoms with Gasteiger partial charge in [0.15, 0.2) is 0 Å². The van der Waals surface area contributed by atoms with E-state index in [-0.39, 0.29) is 0 Å². The zero-order valence-corrected chi connectivity index (χ0v) is 11.1. The highest BCUT2D eigenvalue weighted by Crippen LogP contribution is 2.10. The van der Waals surface area contributed by atoms with Crippen molar-refractivity contribution >= 4 is 0 Å². The minimum absolute atomic E-state index is 0.304. The SMILES string of the molecule is CC(C)N(CCOc1nc(CN)co1)C(C)C. The molecule has 0 fully saturated rings. The van der Waals surface area contributed by atoms with E-state index in [0.717, 1.165) is 6.54 Å². The Morgan fingerprint density at radius 1 is 1.35 bits per heavy atom. The summed E-state index contributed by atoms with van der Waals surface area (Å²) < 4.78 is 10.6. The van der Waals surface area contributed by atoms with Gasteiger partial charge in [0.2, 0.25) is 0 Å². The number of hydrogen-bond acceptors (Lipinski definition) is 5. The van der Waals surface area contributed by atoms with Crippen molar-refractivity contribution in [1.29, 1.82) is 0 Å². The van der Waals surface area contributed by atoms with Crippen LogP contribution in [-0.2, 0) is 6.54 Å². The highest BCUT2D eigenvalue weighted by atomic mass is 16.6. The number of hydrogen-bond donors (Lipinski definition) is 1. The molecule has 5 heteroatoms. The first kappa shape index (κ1) is 14.0. The highest BCUT2D eigenvalue weighted by Gasteiger charge is 2.13. The lowest BCUT2D eigenvalue weighted by Crippen LogP contribution is -2.39. The number of ether oxygens (including phenoxy) is 1. The van der Waals surface area contributed by atoms with Crippen LogP contribution in [-0.4, -0.2) is 35.1 Å². The summed E-state index contributed by atoms with van der Waals surface area (Å²) in [6.07, 6.45) is 1.83. The van der Waals surface area contributed by atoms with Gasteiger partial charge in [0.05, 0.1) is 5.69 Å². The Morgan fingerprint density at radius 3 is 2.47 bits per heavy atom. The number of aromatic nitrogens is 1. The zero-order valence-electron chi connectivity index (χ0n) is 11.1. The van der Waals surface area contributed by atoms with Crippen molar-refractivity contribution in [3.8, 4) is 6.08 Å². The summed E-state index contributed by atoms with van der Waals surface area (Å²) in [5, 5.41) is 0. The summed E-state index contributed by atoms with van der Waals surface area (Å²) in [4.78, 5) is 6.44. The standard InChI is InChI=1S/C12H23N3O2/c1-9(2)15(10(3)4)5-6-16-12-14-11(7-13)8-17-12/h8-10H,5-7,13H2,1-4H3. The molecule has 0 unspecified atom stereocenters. The van der Waals surface area contributed by atoms with Gasteiger partial charge in [-0.2, -0.15) is 4.98 Å². The summed E-state index contributed by atoms with van der Waals surface area (Å²) in [5.74, 6) is 0. The van der Waals surface area contributed by atoms with Gasteiger partial charge in [0.1, 0.15) is 12.9 Å². The fourth-order valence-electron chi connectivity index (χ4n) is 1.80. The summed E-state index contributed by atoms with van der Waals surface area (Å²) in [6.45, 7) is 10.5. The molecule has 0 aliphatic carbocycles. The van der Waals surface area contributed by atoms with Crippen LogP contribution in [0.3, 0.4) is 0 Å². The van der Waals surface area contributed by atoms with Crippen LogP contribution in [0.5, 0.6) is 6.08 Å². The molecule has 0 radical (unpaired) electrons. The highest BCUT2D eigenvalue weighted by molar-refractivity contribution is 4.98. The van der Waals surface area contributed by atoms with E-state index in [0.29, 0.717) is 37.0 Å². The molecule has 0 bridgehead atoms. The van der Waals surface area contributed by atoms with E-state index < -0.39 is 0 Å². The minimum atomic E-state index is 0.304. The van der Waals surface area contributed by atoms with Crippen molar-refractivity contribution in [3.05, 3.63) is 12.0 Å². The van der Waals surface area contributed by atoms with Crippen LogP contribution in [0.25, 0.3) is 0 Å². The molecule has 1 aromatic heterocycles. The average Bonchev–Trinajstić information content (AvgIpc) is 2.71. The molecule has 0 aromatic carbocycles. The van der Waals surface area contributed by atoms with Crippen molar-refractivity contribution in [2.45, 2.75) is 46.3 Å². The quantitative estimate of drug-likeness (QED) is 0.786. The van der Waals surface area contributed by atoms with Gasteiger partial charge in [-0.15, -0.1) is 0 Å². The van der Waals surface area contributed by atoms with Gasteiger partial charge in [0, 0.05) is 25.2 Å². The van der Waals surface area contributed by atoms with E-state index in [2.05, 4.69) is 37.6 Å². The largest absolute Gasteiger partial charge is 0.449 e. The maximum absolute atomic E-state index is 5.44. The van der Waals surface area contributed by atoms with E-state index in [9.17, 15) is 0 Å². The van der Waals surface area contributed by atoms with Crippen LogP contribution in [0, 0.1) is 0 Å². The fraction of sp³-hybridized carbons (Fsp3) is 0.750. The third-order valence-corrected chi connectivity index (χ3v) is 2.64. The predicted molar refractivity (Wildman–Crippen MR) is 66.9 cm³/mol. The molecule has 98 valence electrons. The van der Waals surface area contributed by atoms with Crippen molar-refractivity contribution in [3.63, 3.8) is 0 Å². The molecule has 5 nitrogen and oxygen atoms in total. The normalized spacial score (nSPS) is 11.8. The molecule has 0 atom stereocenters. The summed E-state index contributed by atoms with van der Waals surface area (Å²) in [5.41, 5.74) is 6.15. The van der Waals surface area contributed by atoms with E-state index >= 15 is 0 Å². The molecule has 0 amide bonds. The summed E-state index contributed by atoms with van der Waals surface area (Å²) >= 11 is 0. The van der Waals surface area contributed by atoms with E-state index in [1.165, 1.54) is 6.26 Å². The van der Waals surface area contributed by atoms with Crippen LogP contribution >= 0.6 is 0 Å². The predicted octanol–water partition coefficient (Wildman–Crippen LogP) is 1.63. The van der Waals surface area contributed by atoms with Crippen LogP contribution in [0.15, 0.2) is 10.7 Å². The lowest BCUT2D eigenvalue weighted by molar-refractivity contribution is 0.127. The van der Waals surface area contributed by atoms with Gasteiger partial charge in [-0.25, -0.2) is 0 Å². The van der Waals surface area contributed by atoms with Crippen molar-refractivity contribution in [2.24, 2.45) is 5.73 Å². The second kappa shape index (κ2) is 6.61. The monoisotopic (exact) mass is 241 g/mol. The Kier molecular flexibility index (Phi) is 5.44. The number of nitrogens with zero attached hydrogens (tertiary/aromatic N) is 2. The third-order valence-electron chi connectivity index (χ3n) is 2.64. The van der Waals surface area contributed by atoms with Crippen molar-refractivity contribution in [1.82, 2.24) is 9.88 Å². The topological polar surface area (TPSA) is 64.5 Å². The fourth-order valence-corrected chi connectivity index (χ4v) is 1.80. The van der Waals surface area contributed by atoms with Crippen LogP contribution in [0.1, 0.15) is 33.4 Å². The molecule has 17 heavy (non-hydrogen) atoms. The van der Waals surface area contributed by atoms with E-state index in [1.54, 1.807) is 0 Å². The third kappa shape index (κ3) is 4.36. The molecule has 0 aliphatic heterocycles. The molecule has 1 aromatic rings. The van der Waals surface area contributed by atoms with Crippen LogP contribution in [0.4, 0.5) is 0 Å². The van der Waals surface area contributed by atoms with Crippen molar-refractivity contribution in [2.75, 3.05) is 13.2 Å². The molecular formula is C12H23N3O2. The first-order valence-corrected chi connectivity index (χ1v) is 6.07.